The minimum Gasteiger partial charge on any atom is -0.480 e. The van der Waals surface area contributed by atoms with Gasteiger partial charge in [0, 0.05) is 12.7 Å². The average Bonchev–Trinajstić information content (AvgIpc) is 2.97. The van der Waals surface area contributed by atoms with Crippen LogP contribution in [0.5, 0.6) is 0 Å². The van der Waals surface area contributed by atoms with Gasteiger partial charge in [-0.1, -0.05) is 0 Å². The first-order valence-electron chi connectivity index (χ1n) is 6.09. The van der Waals surface area contributed by atoms with Crippen LogP contribution in [0.2, 0.25) is 0 Å². The molecule has 0 unspecified atom stereocenters. The topological polar surface area (TPSA) is 102 Å². The third-order valence-corrected chi connectivity index (χ3v) is 2.84. The van der Waals surface area contributed by atoms with Crippen molar-refractivity contribution >= 4 is 17.6 Å². The summed E-state index contributed by atoms with van der Waals surface area (Å²) in [6.07, 6.45) is 4.30. The second-order valence-corrected chi connectivity index (χ2v) is 4.23. The predicted octanol–water partition coefficient (Wildman–Crippen LogP) is 0.745. The molecule has 0 radical (unpaired) electrons. The highest BCUT2D eigenvalue weighted by Gasteiger charge is 2.13. The van der Waals surface area contributed by atoms with E-state index in [2.05, 4.69) is 15.5 Å². The number of carbonyl (C=O) groups is 2. The summed E-state index contributed by atoms with van der Waals surface area (Å²) in [6.45, 7) is 4.26. The number of amides is 1. The van der Waals surface area contributed by atoms with Crippen molar-refractivity contribution < 1.29 is 14.7 Å². The lowest BCUT2D eigenvalue weighted by molar-refractivity contribution is -0.137. The van der Waals surface area contributed by atoms with E-state index in [1.54, 1.807) is 10.9 Å². The number of carbonyl (C=O) groups excluding carboxylic acids is 1. The number of carboxylic acid groups (broad SMARTS) is 1. The van der Waals surface area contributed by atoms with Gasteiger partial charge in [-0.05, 0) is 13.8 Å². The Hall–Kier alpha value is -2.64. The molecule has 0 aliphatic rings. The minimum absolute atomic E-state index is 0.278. The van der Waals surface area contributed by atoms with Gasteiger partial charge in [0.2, 0.25) is 0 Å². The zero-order valence-corrected chi connectivity index (χ0v) is 11.2. The van der Waals surface area contributed by atoms with Crippen molar-refractivity contribution in [1.29, 1.82) is 0 Å². The molecule has 0 spiro atoms. The molecule has 2 aromatic rings. The van der Waals surface area contributed by atoms with Crippen molar-refractivity contribution in [1.82, 2.24) is 19.6 Å². The molecule has 20 heavy (non-hydrogen) atoms. The maximum Gasteiger partial charge on any atom is 0.325 e. The van der Waals surface area contributed by atoms with Crippen LogP contribution in [0, 0.1) is 6.92 Å². The maximum absolute atomic E-state index is 12.0. The van der Waals surface area contributed by atoms with Crippen LogP contribution in [-0.4, -0.2) is 36.5 Å². The number of rotatable bonds is 5. The van der Waals surface area contributed by atoms with E-state index in [1.165, 1.54) is 17.1 Å². The lowest BCUT2D eigenvalue weighted by atomic mass is 10.3. The number of hydrogen-bond acceptors (Lipinski definition) is 4. The summed E-state index contributed by atoms with van der Waals surface area (Å²) in [5.41, 5.74) is 1.79. The Morgan fingerprint density at radius 3 is 2.70 bits per heavy atom. The van der Waals surface area contributed by atoms with E-state index < -0.39 is 5.97 Å². The van der Waals surface area contributed by atoms with Gasteiger partial charge in [0.25, 0.3) is 5.91 Å². The van der Waals surface area contributed by atoms with Gasteiger partial charge in [0.15, 0.2) is 0 Å². The van der Waals surface area contributed by atoms with E-state index >= 15 is 0 Å². The number of aliphatic carboxylic acids is 1. The second kappa shape index (κ2) is 5.55. The van der Waals surface area contributed by atoms with E-state index in [9.17, 15) is 9.59 Å². The van der Waals surface area contributed by atoms with Crippen molar-refractivity contribution in [3.8, 4) is 0 Å². The van der Waals surface area contributed by atoms with E-state index in [-0.39, 0.29) is 12.5 Å². The van der Waals surface area contributed by atoms with Gasteiger partial charge in [0.05, 0.1) is 29.3 Å². The standard InChI is InChI=1S/C12H15N5O3/c1-3-17-8(2)10(5-14-17)15-12(20)9-4-13-16(6-9)7-11(18)19/h4-6H,3,7H2,1-2H3,(H,15,20)(H,18,19). The van der Waals surface area contributed by atoms with Crippen molar-refractivity contribution in [2.24, 2.45) is 0 Å². The zero-order chi connectivity index (χ0) is 14.7. The molecule has 1 amide bonds. The summed E-state index contributed by atoms with van der Waals surface area (Å²) in [5.74, 6) is -1.36. The second-order valence-electron chi connectivity index (χ2n) is 4.23. The van der Waals surface area contributed by atoms with E-state index in [4.69, 9.17) is 5.11 Å². The first-order chi connectivity index (χ1) is 9.51. The molecular weight excluding hydrogens is 262 g/mol. The normalized spacial score (nSPS) is 10.5. The van der Waals surface area contributed by atoms with E-state index in [0.717, 1.165) is 12.2 Å². The molecule has 0 aliphatic carbocycles. The fraction of sp³-hybridized carbons (Fsp3) is 0.333. The van der Waals surface area contributed by atoms with Gasteiger partial charge in [-0.25, -0.2) is 0 Å². The Morgan fingerprint density at radius 1 is 1.35 bits per heavy atom. The third-order valence-electron chi connectivity index (χ3n) is 2.84. The Kier molecular flexibility index (Phi) is 3.83. The maximum atomic E-state index is 12.0. The smallest absolute Gasteiger partial charge is 0.325 e. The van der Waals surface area contributed by atoms with Gasteiger partial charge in [-0.3, -0.25) is 19.0 Å². The van der Waals surface area contributed by atoms with E-state index in [1.807, 2.05) is 13.8 Å². The van der Waals surface area contributed by atoms with Crippen LogP contribution < -0.4 is 5.32 Å². The molecule has 0 saturated carbocycles. The summed E-state index contributed by atoms with van der Waals surface area (Å²) in [7, 11) is 0. The van der Waals surface area contributed by atoms with Crippen LogP contribution in [-0.2, 0) is 17.9 Å². The van der Waals surface area contributed by atoms with Crippen LogP contribution in [0.3, 0.4) is 0 Å². The van der Waals surface area contributed by atoms with Crippen molar-refractivity contribution in [2.45, 2.75) is 26.9 Å². The summed E-state index contributed by atoms with van der Waals surface area (Å²) in [4.78, 5) is 22.6. The van der Waals surface area contributed by atoms with Gasteiger partial charge < -0.3 is 10.4 Å². The zero-order valence-electron chi connectivity index (χ0n) is 11.2. The van der Waals surface area contributed by atoms with Crippen molar-refractivity contribution in [2.75, 3.05) is 5.32 Å². The summed E-state index contributed by atoms with van der Waals surface area (Å²) < 4.78 is 2.96. The number of anilines is 1. The van der Waals surface area contributed by atoms with E-state index in [0.29, 0.717) is 11.3 Å². The molecule has 0 fully saturated rings. The Morgan fingerprint density at radius 2 is 2.10 bits per heavy atom. The Balaban J connectivity index is 2.09. The van der Waals surface area contributed by atoms with Crippen LogP contribution in [0.15, 0.2) is 18.6 Å². The monoisotopic (exact) mass is 277 g/mol. The average molecular weight is 277 g/mol. The third kappa shape index (κ3) is 2.85. The fourth-order valence-electron chi connectivity index (χ4n) is 1.79. The highest BCUT2D eigenvalue weighted by atomic mass is 16.4. The molecule has 0 atom stereocenters. The molecule has 8 nitrogen and oxygen atoms in total. The van der Waals surface area contributed by atoms with Gasteiger partial charge in [0.1, 0.15) is 6.54 Å². The highest BCUT2D eigenvalue weighted by Crippen LogP contribution is 2.14. The molecule has 2 heterocycles. The van der Waals surface area contributed by atoms with Crippen LogP contribution in [0.25, 0.3) is 0 Å². The molecule has 0 bridgehead atoms. The molecule has 8 heteroatoms. The number of nitrogens with one attached hydrogen (secondary N) is 1. The Labute approximate surface area is 115 Å². The molecule has 0 saturated heterocycles. The molecule has 2 aromatic heterocycles. The molecule has 106 valence electrons. The highest BCUT2D eigenvalue weighted by molar-refractivity contribution is 6.04. The van der Waals surface area contributed by atoms with Crippen LogP contribution in [0.4, 0.5) is 5.69 Å². The van der Waals surface area contributed by atoms with Gasteiger partial charge in [-0.15, -0.1) is 0 Å². The lowest BCUT2D eigenvalue weighted by Crippen LogP contribution is -2.12. The molecule has 2 rings (SSSR count). The van der Waals surface area contributed by atoms with Gasteiger partial charge in [-0.2, -0.15) is 10.2 Å². The van der Waals surface area contributed by atoms with Crippen molar-refractivity contribution in [3.05, 3.63) is 29.8 Å². The lowest BCUT2D eigenvalue weighted by Gasteiger charge is -2.03. The van der Waals surface area contributed by atoms with Crippen LogP contribution >= 0.6 is 0 Å². The first-order valence-corrected chi connectivity index (χ1v) is 6.09. The van der Waals surface area contributed by atoms with Crippen LogP contribution in [0.1, 0.15) is 23.0 Å². The van der Waals surface area contributed by atoms with Crippen molar-refractivity contribution in [3.63, 3.8) is 0 Å². The largest absolute Gasteiger partial charge is 0.480 e. The minimum atomic E-state index is -1.01. The summed E-state index contributed by atoms with van der Waals surface area (Å²) >= 11 is 0. The number of aryl methyl sites for hydroxylation is 1. The molecule has 2 N–H and O–H groups in total. The van der Waals surface area contributed by atoms with Gasteiger partial charge >= 0.3 is 5.97 Å². The number of aromatic nitrogens is 4. The number of hydrogen-bond donors (Lipinski definition) is 2. The Bertz CT molecular complexity index is 643. The summed E-state index contributed by atoms with van der Waals surface area (Å²) in [5, 5.41) is 19.3. The predicted molar refractivity (Wildman–Crippen MR) is 70.5 cm³/mol. The molecular formula is C12H15N5O3. The molecule has 0 aliphatic heterocycles. The fourth-order valence-corrected chi connectivity index (χ4v) is 1.79. The SMILES string of the molecule is CCn1ncc(NC(=O)c2cnn(CC(=O)O)c2)c1C. The number of nitrogens with zero attached hydrogens (tertiary/aromatic N) is 4. The quantitative estimate of drug-likeness (QED) is 0.839. The number of carboxylic acids is 1. The molecule has 0 aromatic carbocycles. The summed E-state index contributed by atoms with van der Waals surface area (Å²) in [6, 6.07) is 0. The first kappa shape index (κ1) is 13.8.